The number of hydrogen-bond acceptors (Lipinski definition) is 3. The Bertz CT molecular complexity index is 293. The van der Waals surface area contributed by atoms with Crippen LogP contribution >= 0.6 is 0 Å². The molecule has 1 aliphatic carbocycles. The zero-order valence-corrected chi connectivity index (χ0v) is 8.75. The van der Waals surface area contributed by atoms with Gasteiger partial charge in [-0.25, -0.2) is 0 Å². The van der Waals surface area contributed by atoms with Crippen LogP contribution in [0.25, 0.3) is 0 Å². The predicted molar refractivity (Wildman–Crippen MR) is 54.8 cm³/mol. The van der Waals surface area contributed by atoms with Crippen LogP contribution in [0, 0.1) is 5.92 Å². The minimum Gasteiger partial charge on any atom is -0.361 e. The monoisotopic (exact) mass is 194 g/mol. The lowest BCUT2D eigenvalue weighted by Gasteiger charge is -2.20. The molecule has 0 radical (unpaired) electrons. The smallest absolute Gasteiger partial charge is 0.140 e. The van der Waals surface area contributed by atoms with Crippen molar-refractivity contribution >= 4 is 0 Å². The fraction of sp³-hybridized carbons (Fsp3) is 0.727. The fourth-order valence-corrected chi connectivity index (χ4v) is 2.35. The molecule has 2 rings (SSSR count). The molecule has 1 aromatic rings. The highest BCUT2D eigenvalue weighted by Crippen LogP contribution is 2.30. The van der Waals surface area contributed by atoms with Crippen molar-refractivity contribution in [3.8, 4) is 0 Å². The summed E-state index contributed by atoms with van der Waals surface area (Å²) in [5.74, 6) is 1.90. The van der Waals surface area contributed by atoms with Crippen molar-refractivity contribution < 1.29 is 4.52 Å². The van der Waals surface area contributed by atoms with Crippen LogP contribution in [0.4, 0.5) is 0 Å². The Morgan fingerprint density at radius 2 is 2.43 bits per heavy atom. The van der Waals surface area contributed by atoms with E-state index in [9.17, 15) is 0 Å². The Kier molecular flexibility index (Phi) is 2.87. The van der Waals surface area contributed by atoms with Crippen LogP contribution in [-0.2, 0) is 19.4 Å². The molecule has 0 bridgehead atoms. The average molecular weight is 194 g/mol. The van der Waals surface area contributed by atoms with E-state index in [-0.39, 0.29) is 0 Å². The normalized spacial score (nSPS) is 20.9. The van der Waals surface area contributed by atoms with Crippen LogP contribution in [0.2, 0.25) is 0 Å². The summed E-state index contributed by atoms with van der Waals surface area (Å²) in [7, 11) is 0. The van der Waals surface area contributed by atoms with E-state index < -0.39 is 0 Å². The third kappa shape index (κ3) is 1.69. The van der Waals surface area contributed by atoms with Crippen molar-refractivity contribution in [1.29, 1.82) is 0 Å². The first-order chi connectivity index (χ1) is 6.85. The SMILES string of the molecule is CCCC1CCc2onc(CN)c2C1. The topological polar surface area (TPSA) is 52.0 Å². The molecule has 1 aliphatic rings. The zero-order valence-electron chi connectivity index (χ0n) is 8.75. The van der Waals surface area contributed by atoms with E-state index in [0.717, 1.165) is 30.2 Å². The van der Waals surface area contributed by atoms with Crippen LogP contribution in [0.1, 0.15) is 43.2 Å². The number of hydrogen-bond donors (Lipinski definition) is 1. The van der Waals surface area contributed by atoms with E-state index in [1.807, 2.05) is 0 Å². The van der Waals surface area contributed by atoms with E-state index in [1.165, 1.54) is 24.8 Å². The number of fused-ring (bicyclic) bond motifs is 1. The predicted octanol–water partition coefficient (Wildman–Crippen LogP) is 2.04. The minimum atomic E-state index is 0.512. The van der Waals surface area contributed by atoms with Gasteiger partial charge in [0.05, 0.1) is 0 Å². The largest absolute Gasteiger partial charge is 0.361 e. The summed E-state index contributed by atoms with van der Waals surface area (Å²) < 4.78 is 5.27. The Morgan fingerprint density at radius 3 is 3.14 bits per heavy atom. The van der Waals surface area contributed by atoms with Crippen LogP contribution in [-0.4, -0.2) is 5.16 Å². The molecular weight excluding hydrogens is 176 g/mol. The van der Waals surface area contributed by atoms with Gasteiger partial charge >= 0.3 is 0 Å². The van der Waals surface area contributed by atoms with Gasteiger partial charge in [0.2, 0.25) is 0 Å². The molecule has 0 amide bonds. The zero-order chi connectivity index (χ0) is 9.97. The number of aromatic nitrogens is 1. The summed E-state index contributed by atoms with van der Waals surface area (Å²) in [6.45, 7) is 2.75. The van der Waals surface area contributed by atoms with Crippen molar-refractivity contribution in [3.05, 3.63) is 17.0 Å². The lowest BCUT2D eigenvalue weighted by molar-refractivity contribution is 0.339. The third-order valence-electron chi connectivity index (χ3n) is 3.11. The molecule has 0 spiro atoms. The molecule has 2 N–H and O–H groups in total. The Morgan fingerprint density at radius 1 is 1.57 bits per heavy atom. The summed E-state index contributed by atoms with van der Waals surface area (Å²) in [6, 6.07) is 0. The number of rotatable bonds is 3. The molecule has 1 aromatic heterocycles. The number of aryl methyl sites for hydroxylation is 1. The average Bonchev–Trinajstić information content (AvgIpc) is 2.60. The van der Waals surface area contributed by atoms with E-state index in [2.05, 4.69) is 12.1 Å². The Hall–Kier alpha value is -0.830. The summed E-state index contributed by atoms with van der Waals surface area (Å²) >= 11 is 0. The molecule has 3 nitrogen and oxygen atoms in total. The van der Waals surface area contributed by atoms with E-state index in [4.69, 9.17) is 10.3 Å². The molecule has 0 fully saturated rings. The molecule has 0 aliphatic heterocycles. The summed E-state index contributed by atoms with van der Waals surface area (Å²) in [5, 5.41) is 4.01. The molecule has 0 saturated carbocycles. The molecule has 14 heavy (non-hydrogen) atoms. The van der Waals surface area contributed by atoms with Gasteiger partial charge in [-0.15, -0.1) is 0 Å². The number of nitrogens with two attached hydrogens (primary N) is 1. The molecular formula is C11H18N2O. The Labute approximate surface area is 84.7 Å². The molecule has 0 saturated heterocycles. The third-order valence-corrected chi connectivity index (χ3v) is 3.11. The first kappa shape index (κ1) is 9.71. The van der Waals surface area contributed by atoms with Crippen LogP contribution in [0.5, 0.6) is 0 Å². The van der Waals surface area contributed by atoms with Crippen molar-refractivity contribution in [2.75, 3.05) is 0 Å². The summed E-state index contributed by atoms with van der Waals surface area (Å²) in [5.41, 5.74) is 7.89. The van der Waals surface area contributed by atoms with Gasteiger partial charge < -0.3 is 10.3 Å². The van der Waals surface area contributed by atoms with Gasteiger partial charge in [0, 0.05) is 18.5 Å². The van der Waals surface area contributed by atoms with E-state index >= 15 is 0 Å². The van der Waals surface area contributed by atoms with Gasteiger partial charge in [0.1, 0.15) is 11.5 Å². The minimum absolute atomic E-state index is 0.512. The lowest BCUT2D eigenvalue weighted by Crippen LogP contribution is -2.14. The second-order valence-corrected chi connectivity index (χ2v) is 4.13. The summed E-state index contributed by atoms with van der Waals surface area (Å²) in [6.07, 6.45) is 6.00. The van der Waals surface area contributed by atoms with Crippen LogP contribution in [0.15, 0.2) is 4.52 Å². The lowest BCUT2D eigenvalue weighted by atomic mass is 9.84. The van der Waals surface area contributed by atoms with Crippen molar-refractivity contribution in [2.24, 2.45) is 11.7 Å². The fourth-order valence-electron chi connectivity index (χ4n) is 2.35. The van der Waals surface area contributed by atoms with Crippen molar-refractivity contribution in [3.63, 3.8) is 0 Å². The van der Waals surface area contributed by atoms with Gasteiger partial charge in [-0.05, 0) is 18.8 Å². The molecule has 1 heterocycles. The molecule has 1 atom stereocenters. The standard InChI is InChI=1S/C11H18N2O/c1-2-3-8-4-5-11-9(6-8)10(7-12)13-14-11/h8H,2-7,12H2,1H3. The van der Waals surface area contributed by atoms with E-state index in [0.29, 0.717) is 6.54 Å². The maximum Gasteiger partial charge on any atom is 0.140 e. The quantitative estimate of drug-likeness (QED) is 0.801. The molecule has 0 aromatic carbocycles. The first-order valence-corrected chi connectivity index (χ1v) is 5.51. The molecule has 3 heteroatoms. The Balaban J connectivity index is 2.14. The van der Waals surface area contributed by atoms with Crippen molar-refractivity contribution in [2.45, 2.75) is 45.6 Å². The second kappa shape index (κ2) is 4.13. The van der Waals surface area contributed by atoms with Crippen LogP contribution < -0.4 is 5.73 Å². The van der Waals surface area contributed by atoms with Gasteiger partial charge in [-0.3, -0.25) is 0 Å². The maximum atomic E-state index is 5.62. The molecule has 1 unspecified atom stereocenters. The van der Waals surface area contributed by atoms with Gasteiger partial charge in [0.25, 0.3) is 0 Å². The summed E-state index contributed by atoms with van der Waals surface area (Å²) in [4.78, 5) is 0. The van der Waals surface area contributed by atoms with Crippen LogP contribution in [0.3, 0.4) is 0 Å². The van der Waals surface area contributed by atoms with Crippen molar-refractivity contribution in [1.82, 2.24) is 5.16 Å². The second-order valence-electron chi connectivity index (χ2n) is 4.13. The highest BCUT2D eigenvalue weighted by molar-refractivity contribution is 5.25. The van der Waals surface area contributed by atoms with Gasteiger partial charge in [-0.2, -0.15) is 0 Å². The van der Waals surface area contributed by atoms with E-state index in [1.54, 1.807) is 0 Å². The molecule has 78 valence electrons. The van der Waals surface area contributed by atoms with Gasteiger partial charge in [-0.1, -0.05) is 24.9 Å². The number of nitrogens with zero attached hydrogens (tertiary/aromatic N) is 1. The highest BCUT2D eigenvalue weighted by Gasteiger charge is 2.24. The van der Waals surface area contributed by atoms with Gasteiger partial charge in [0.15, 0.2) is 0 Å². The highest BCUT2D eigenvalue weighted by atomic mass is 16.5. The first-order valence-electron chi connectivity index (χ1n) is 5.51. The maximum absolute atomic E-state index is 5.62.